The molecule has 4 aromatic carbocycles. The molecule has 0 atom stereocenters. The average Bonchev–Trinajstić information content (AvgIpc) is 2.79. The molecule has 0 aliphatic carbocycles. The minimum absolute atomic E-state index is 0.0505. The Balaban J connectivity index is 1.74. The molecule has 0 bridgehead atoms. The number of nitrogens with zero attached hydrogens (tertiary/aromatic N) is 3. The zero-order chi connectivity index (χ0) is 20.5. The van der Waals surface area contributed by atoms with E-state index in [1.165, 1.54) is 17.7 Å². The van der Waals surface area contributed by atoms with E-state index in [1.54, 1.807) is 12.1 Å². The lowest BCUT2D eigenvalue weighted by Gasteiger charge is -2.11. The van der Waals surface area contributed by atoms with Gasteiger partial charge in [0, 0.05) is 34.9 Å². The normalized spacial score (nSPS) is 11.1. The van der Waals surface area contributed by atoms with Gasteiger partial charge >= 0.3 is 0 Å². The minimum Gasteiger partial charge on any atom is -0.258 e. The van der Waals surface area contributed by atoms with Gasteiger partial charge in [-0.3, -0.25) is 10.1 Å². The number of nitro groups is 1. The lowest BCUT2D eigenvalue weighted by atomic mass is 10.0. The molecule has 0 unspecified atom stereocenters. The molecule has 0 aliphatic heterocycles. The second-order valence-electron chi connectivity index (χ2n) is 7.14. The number of rotatable bonds is 4. The van der Waals surface area contributed by atoms with Gasteiger partial charge in [0.25, 0.3) is 5.69 Å². The van der Waals surface area contributed by atoms with Gasteiger partial charge in [-0.2, -0.15) is 0 Å². The van der Waals surface area contributed by atoms with E-state index in [0.29, 0.717) is 12.2 Å². The fourth-order valence-electron chi connectivity index (χ4n) is 3.71. The van der Waals surface area contributed by atoms with Crippen molar-refractivity contribution < 1.29 is 4.92 Å². The summed E-state index contributed by atoms with van der Waals surface area (Å²) < 4.78 is 0. The molecule has 0 saturated carbocycles. The second kappa shape index (κ2) is 7.37. The molecule has 5 heteroatoms. The summed E-state index contributed by atoms with van der Waals surface area (Å²) in [6.45, 7) is 0. The van der Waals surface area contributed by atoms with E-state index in [2.05, 4.69) is 36.4 Å². The number of fused-ring (bicyclic) bond motifs is 3. The highest BCUT2D eigenvalue weighted by Gasteiger charge is 2.14. The molecule has 30 heavy (non-hydrogen) atoms. The van der Waals surface area contributed by atoms with Crippen LogP contribution in [0.2, 0.25) is 0 Å². The third kappa shape index (κ3) is 3.26. The zero-order valence-electron chi connectivity index (χ0n) is 16.0. The van der Waals surface area contributed by atoms with Crippen LogP contribution < -0.4 is 0 Å². The van der Waals surface area contributed by atoms with Crippen LogP contribution in [-0.4, -0.2) is 14.9 Å². The van der Waals surface area contributed by atoms with Crippen LogP contribution in [0, 0.1) is 10.1 Å². The van der Waals surface area contributed by atoms with Crippen LogP contribution >= 0.6 is 0 Å². The Labute approximate surface area is 172 Å². The van der Waals surface area contributed by atoms with E-state index >= 15 is 0 Å². The van der Waals surface area contributed by atoms with Crippen molar-refractivity contribution in [1.29, 1.82) is 0 Å². The standard InChI is InChI=1S/C25H17N3O2/c29-28(30)20-13-10-19(11-14-20)25-26-23(16-17-6-2-1-3-7-17)22-15-12-18-8-4-5-9-21(18)24(22)27-25/h1-15H,16H2. The predicted octanol–water partition coefficient (Wildman–Crippen LogP) is 5.95. The maximum absolute atomic E-state index is 11.0. The van der Waals surface area contributed by atoms with E-state index in [0.717, 1.165) is 32.9 Å². The maximum atomic E-state index is 11.0. The summed E-state index contributed by atoms with van der Waals surface area (Å²) in [5, 5.41) is 14.2. The lowest BCUT2D eigenvalue weighted by molar-refractivity contribution is -0.384. The van der Waals surface area contributed by atoms with Gasteiger partial charge in [-0.05, 0) is 23.1 Å². The van der Waals surface area contributed by atoms with Crippen molar-refractivity contribution in [2.75, 3.05) is 0 Å². The molecule has 0 saturated heterocycles. The molecular weight excluding hydrogens is 374 g/mol. The molecule has 0 N–H and O–H groups in total. The van der Waals surface area contributed by atoms with Crippen molar-refractivity contribution in [3.8, 4) is 11.4 Å². The molecule has 5 rings (SSSR count). The molecular formula is C25H17N3O2. The molecule has 0 radical (unpaired) electrons. The molecule has 0 spiro atoms. The summed E-state index contributed by atoms with van der Waals surface area (Å²) >= 11 is 0. The van der Waals surface area contributed by atoms with Gasteiger partial charge in [0.05, 0.1) is 16.1 Å². The first-order chi connectivity index (χ1) is 14.7. The van der Waals surface area contributed by atoms with Crippen molar-refractivity contribution in [3.05, 3.63) is 112 Å². The van der Waals surface area contributed by atoms with Crippen LogP contribution in [-0.2, 0) is 6.42 Å². The molecule has 144 valence electrons. The number of aromatic nitrogens is 2. The molecule has 5 aromatic rings. The van der Waals surface area contributed by atoms with Gasteiger partial charge in [-0.15, -0.1) is 0 Å². The fraction of sp³-hybridized carbons (Fsp3) is 0.0400. The van der Waals surface area contributed by atoms with Gasteiger partial charge in [-0.25, -0.2) is 9.97 Å². The Hall–Kier alpha value is -4.12. The van der Waals surface area contributed by atoms with E-state index in [9.17, 15) is 10.1 Å². The first-order valence-electron chi connectivity index (χ1n) is 9.66. The highest BCUT2D eigenvalue weighted by Crippen LogP contribution is 2.29. The number of nitro benzene ring substituents is 1. The molecule has 5 nitrogen and oxygen atoms in total. The summed E-state index contributed by atoms with van der Waals surface area (Å²) in [4.78, 5) is 20.3. The Bertz CT molecular complexity index is 1380. The van der Waals surface area contributed by atoms with E-state index in [4.69, 9.17) is 9.97 Å². The van der Waals surface area contributed by atoms with Gasteiger partial charge in [0.2, 0.25) is 0 Å². The van der Waals surface area contributed by atoms with E-state index in [1.807, 2.05) is 30.3 Å². The Morgan fingerprint density at radius 1 is 0.733 bits per heavy atom. The highest BCUT2D eigenvalue weighted by atomic mass is 16.6. The molecule has 1 aromatic heterocycles. The van der Waals surface area contributed by atoms with E-state index in [-0.39, 0.29) is 5.69 Å². The Kier molecular flexibility index (Phi) is 4.41. The van der Waals surface area contributed by atoms with Crippen LogP contribution in [0.15, 0.2) is 91.0 Å². The van der Waals surface area contributed by atoms with Crippen LogP contribution in [0.5, 0.6) is 0 Å². The fourth-order valence-corrected chi connectivity index (χ4v) is 3.71. The second-order valence-corrected chi connectivity index (χ2v) is 7.14. The third-order valence-electron chi connectivity index (χ3n) is 5.22. The summed E-state index contributed by atoms with van der Waals surface area (Å²) in [6.07, 6.45) is 0.679. The monoisotopic (exact) mass is 391 g/mol. The lowest BCUT2D eigenvalue weighted by Crippen LogP contribution is -2.00. The smallest absolute Gasteiger partial charge is 0.258 e. The van der Waals surface area contributed by atoms with Crippen molar-refractivity contribution in [3.63, 3.8) is 0 Å². The van der Waals surface area contributed by atoms with Crippen molar-refractivity contribution >= 4 is 27.4 Å². The SMILES string of the molecule is O=[N+]([O-])c1ccc(-c2nc(Cc3ccccc3)c3ccc4ccccc4c3n2)cc1. The molecule has 1 heterocycles. The van der Waals surface area contributed by atoms with Crippen LogP contribution in [0.25, 0.3) is 33.1 Å². The predicted molar refractivity (Wildman–Crippen MR) is 118 cm³/mol. The van der Waals surface area contributed by atoms with Gasteiger partial charge < -0.3 is 0 Å². The minimum atomic E-state index is -0.403. The maximum Gasteiger partial charge on any atom is 0.269 e. The first-order valence-corrected chi connectivity index (χ1v) is 9.66. The third-order valence-corrected chi connectivity index (χ3v) is 5.22. The summed E-state index contributed by atoms with van der Waals surface area (Å²) in [5.41, 5.74) is 3.80. The number of hydrogen-bond donors (Lipinski definition) is 0. The quantitative estimate of drug-likeness (QED) is 0.216. The Morgan fingerprint density at radius 3 is 2.23 bits per heavy atom. The molecule has 0 aliphatic rings. The van der Waals surface area contributed by atoms with Crippen LogP contribution in [0.3, 0.4) is 0 Å². The molecule has 0 amide bonds. The average molecular weight is 391 g/mol. The largest absolute Gasteiger partial charge is 0.269 e. The molecule has 0 fully saturated rings. The number of non-ortho nitro benzene ring substituents is 1. The van der Waals surface area contributed by atoms with E-state index < -0.39 is 4.92 Å². The first kappa shape index (κ1) is 17.9. The van der Waals surface area contributed by atoms with Crippen molar-refractivity contribution in [1.82, 2.24) is 9.97 Å². The highest BCUT2D eigenvalue weighted by molar-refractivity contribution is 6.06. The van der Waals surface area contributed by atoms with Crippen LogP contribution in [0.4, 0.5) is 5.69 Å². The number of hydrogen-bond acceptors (Lipinski definition) is 4. The van der Waals surface area contributed by atoms with Crippen molar-refractivity contribution in [2.45, 2.75) is 6.42 Å². The van der Waals surface area contributed by atoms with Gasteiger partial charge in [0.15, 0.2) is 5.82 Å². The van der Waals surface area contributed by atoms with Crippen molar-refractivity contribution in [2.24, 2.45) is 0 Å². The summed E-state index contributed by atoms with van der Waals surface area (Å²) in [6, 6.07) is 28.9. The van der Waals surface area contributed by atoms with Gasteiger partial charge in [-0.1, -0.05) is 66.7 Å². The Morgan fingerprint density at radius 2 is 1.47 bits per heavy atom. The van der Waals surface area contributed by atoms with Crippen LogP contribution in [0.1, 0.15) is 11.3 Å². The summed E-state index contributed by atoms with van der Waals surface area (Å²) in [7, 11) is 0. The zero-order valence-corrected chi connectivity index (χ0v) is 16.0. The van der Waals surface area contributed by atoms with Gasteiger partial charge in [0.1, 0.15) is 0 Å². The topological polar surface area (TPSA) is 68.9 Å². The summed E-state index contributed by atoms with van der Waals surface area (Å²) in [5.74, 6) is 0.569. The number of benzene rings is 4.